The summed E-state index contributed by atoms with van der Waals surface area (Å²) < 4.78 is 7.05. The number of carbonyl (C=O) groups excluding carboxylic acids is 1. The standard InChI is InChI=1S/C21H27N7O2/c1-4-11-30-21(29)28-9-7-27(8-10-28)17-5-6-23-20-18(17)16(13-22-2)19(25-20)15-12-24-26(3)14-15/h5-6,12,14H,2,4,7-11,13H2,1,3H3,(H,23,25). The van der Waals surface area contributed by atoms with Crippen LogP contribution in [0.2, 0.25) is 0 Å². The second-order valence-electron chi connectivity index (χ2n) is 7.41. The summed E-state index contributed by atoms with van der Waals surface area (Å²) in [6, 6.07) is 2.03. The molecule has 0 radical (unpaired) electrons. The molecule has 1 fully saturated rings. The zero-order valence-corrected chi connectivity index (χ0v) is 17.5. The van der Waals surface area contributed by atoms with Gasteiger partial charge < -0.3 is 19.5 Å². The molecule has 9 nitrogen and oxygen atoms in total. The van der Waals surface area contributed by atoms with Gasteiger partial charge in [-0.25, -0.2) is 9.78 Å². The maximum Gasteiger partial charge on any atom is 0.409 e. The lowest BCUT2D eigenvalue weighted by Crippen LogP contribution is -2.49. The number of aliphatic imine (C=N–C) groups is 1. The molecule has 158 valence electrons. The van der Waals surface area contributed by atoms with Crippen LogP contribution in [0.15, 0.2) is 29.6 Å². The van der Waals surface area contributed by atoms with E-state index in [0.717, 1.165) is 53.1 Å². The van der Waals surface area contributed by atoms with Crippen LogP contribution in [-0.4, -0.2) is 70.2 Å². The number of hydrogen-bond donors (Lipinski definition) is 1. The highest BCUT2D eigenvalue weighted by Gasteiger charge is 2.25. The SMILES string of the molecule is C=NCc1c(-c2cnn(C)c2)[nH]c2nccc(N3CCN(C(=O)OCCC)CC3)c12. The van der Waals surface area contributed by atoms with Crippen LogP contribution in [0.25, 0.3) is 22.3 Å². The molecule has 0 unspecified atom stereocenters. The fourth-order valence-electron chi connectivity index (χ4n) is 3.90. The molecule has 1 amide bonds. The molecule has 9 heteroatoms. The largest absolute Gasteiger partial charge is 0.449 e. The molecule has 1 N–H and O–H groups in total. The van der Waals surface area contributed by atoms with E-state index in [9.17, 15) is 4.79 Å². The molecule has 3 aromatic rings. The van der Waals surface area contributed by atoms with Gasteiger partial charge in [0.15, 0.2) is 0 Å². The van der Waals surface area contributed by atoms with E-state index in [1.54, 1.807) is 9.58 Å². The predicted molar refractivity (Wildman–Crippen MR) is 117 cm³/mol. The first-order valence-electron chi connectivity index (χ1n) is 10.2. The minimum absolute atomic E-state index is 0.228. The average molecular weight is 409 g/mol. The van der Waals surface area contributed by atoms with E-state index in [2.05, 4.69) is 31.7 Å². The molecular weight excluding hydrogens is 382 g/mol. The first kappa shape index (κ1) is 19.9. The summed E-state index contributed by atoms with van der Waals surface area (Å²) in [6.45, 7) is 9.35. The van der Waals surface area contributed by atoms with E-state index in [1.807, 2.05) is 38.6 Å². The second kappa shape index (κ2) is 8.56. The highest BCUT2D eigenvalue weighted by molar-refractivity contribution is 5.98. The Labute approximate surface area is 175 Å². The Kier molecular flexibility index (Phi) is 5.69. The number of rotatable bonds is 6. The molecule has 0 aromatic carbocycles. The molecular formula is C21H27N7O2. The number of fused-ring (bicyclic) bond motifs is 1. The number of aryl methyl sites for hydroxylation is 1. The molecule has 4 heterocycles. The molecule has 1 saturated heterocycles. The van der Waals surface area contributed by atoms with Crippen molar-refractivity contribution in [1.29, 1.82) is 0 Å². The zero-order valence-electron chi connectivity index (χ0n) is 17.5. The minimum atomic E-state index is -0.228. The van der Waals surface area contributed by atoms with Crippen molar-refractivity contribution in [3.8, 4) is 11.3 Å². The summed E-state index contributed by atoms with van der Waals surface area (Å²) >= 11 is 0. The summed E-state index contributed by atoms with van der Waals surface area (Å²) in [5.74, 6) is 0. The van der Waals surface area contributed by atoms with Crippen molar-refractivity contribution >= 4 is 29.5 Å². The Balaban J connectivity index is 1.65. The third-order valence-electron chi connectivity index (χ3n) is 5.35. The highest BCUT2D eigenvalue weighted by atomic mass is 16.6. The fourth-order valence-corrected chi connectivity index (χ4v) is 3.90. The summed E-state index contributed by atoms with van der Waals surface area (Å²) in [5, 5.41) is 5.34. The number of hydrogen-bond acceptors (Lipinski definition) is 6. The van der Waals surface area contributed by atoms with Gasteiger partial charge in [0.05, 0.1) is 25.0 Å². The van der Waals surface area contributed by atoms with E-state index in [1.165, 1.54) is 0 Å². The molecule has 1 aliphatic rings. The Morgan fingerprint density at radius 2 is 2.13 bits per heavy atom. The van der Waals surface area contributed by atoms with E-state index in [-0.39, 0.29) is 6.09 Å². The molecule has 30 heavy (non-hydrogen) atoms. The van der Waals surface area contributed by atoms with Crippen molar-refractivity contribution < 1.29 is 9.53 Å². The van der Waals surface area contributed by atoms with E-state index in [4.69, 9.17) is 4.74 Å². The van der Waals surface area contributed by atoms with Crippen molar-refractivity contribution in [3.63, 3.8) is 0 Å². The number of aromatic nitrogens is 4. The number of nitrogens with one attached hydrogen (secondary N) is 1. The molecule has 0 aliphatic carbocycles. The second-order valence-corrected chi connectivity index (χ2v) is 7.41. The molecule has 0 saturated carbocycles. The summed E-state index contributed by atoms with van der Waals surface area (Å²) in [7, 11) is 1.90. The number of aromatic amines is 1. The number of H-pyrrole nitrogens is 1. The van der Waals surface area contributed by atoms with Crippen molar-refractivity contribution in [2.75, 3.05) is 37.7 Å². The Hall–Kier alpha value is -3.36. The van der Waals surface area contributed by atoms with Crippen molar-refractivity contribution in [2.24, 2.45) is 12.0 Å². The number of nitrogens with zero attached hydrogens (tertiary/aromatic N) is 6. The number of pyridine rings is 1. The average Bonchev–Trinajstić information content (AvgIpc) is 3.36. The van der Waals surface area contributed by atoms with Gasteiger partial charge in [-0.1, -0.05) is 6.92 Å². The van der Waals surface area contributed by atoms with Crippen molar-refractivity contribution in [3.05, 3.63) is 30.2 Å². The lowest BCUT2D eigenvalue weighted by Gasteiger charge is -2.35. The molecule has 0 spiro atoms. The molecule has 0 atom stereocenters. The third-order valence-corrected chi connectivity index (χ3v) is 5.35. The number of piperazine rings is 1. The lowest BCUT2D eigenvalue weighted by molar-refractivity contribution is 0.100. The number of ether oxygens (including phenoxy) is 1. The Bertz CT molecular complexity index is 1050. The van der Waals surface area contributed by atoms with E-state index >= 15 is 0 Å². The number of carbonyl (C=O) groups is 1. The van der Waals surface area contributed by atoms with Crippen LogP contribution in [0, 0.1) is 0 Å². The lowest BCUT2D eigenvalue weighted by atomic mass is 10.1. The summed E-state index contributed by atoms with van der Waals surface area (Å²) in [6.07, 6.45) is 6.21. The number of amides is 1. The smallest absolute Gasteiger partial charge is 0.409 e. The third kappa shape index (κ3) is 3.74. The Morgan fingerprint density at radius 1 is 1.33 bits per heavy atom. The van der Waals surface area contributed by atoms with Crippen LogP contribution in [0.3, 0.4) is 0 Å². The number of anilines is 1. The van der Waals surface area contributed by atoms with Gasteiger partial charge in [-0.3, -0.25) is 9.67 Å². The van der Waals surface area contributed by atoms with Crippen LogP contribution in [0.1, 0.15) is 18.9 Å². The van der Waals surface area contributed by atoms with Crippen LogP contribution in [0.4, 0.5) is 10.5 Å². The van der Waals surface area contributed by atoms with E-state index < -0.39 is 0 Å². The van der Waals surface area contributed by atoms with Crippen LogP contribution < -0.4 is 4.90 Å². The van der Waals surface area contributed by atoms with Gasteiger partial charge in [-0.15, -0.1) is 0 Å². The maximum absolute atomic E-state index is 12.2. The van der Waals surface area contributed by atoms with Gasteiger partial charge in [-0.05, 0) is 19.2 Å². The van der Waals surface area contributed by atoms with Gasteiger partial charge in [0.25, 0.3) is 0 Å². The van der Waals surface area contributed by atoms with E-state index in [0.29, 0.717) is 26.2 Å². The van der Waals surface area contributed by atoms with Gasteiger partial charge >= 0.3 is 6.09 Å². The fraction of sp³-hybridized carbons (Fsp3) is 0.429. The maximum atomic E-state index is 12.2. The monoisotopic (exact) mass is 409 g/mol. The topological polar surface area (TPSA) is 91.6 Å². The first-order chi connectivity index (χ1) is 14.6. The Morgan fingerprint density at radius 3 is 2.80 bits per heavy atom. The molecule has 0 bridgehead atoms. The summed E-state index contributed by atoms with van der Waals surface area (Å²) in [5.41, 5.74) is 4.91. The van der Waals surface area contributed by atoms with Gasteiger partial charge in [0.1, 0.15) is 5.65 Å². The van der Waals surface area contributed by atoms with Gasteiger partial charge in [0.2, 0.25) is 0 Å². The first-order valence-corrected chi connectivity index (χ1v) is 10.2. The molecule has 1 aliphatic heterocycles. The molecule has 3 aromatic heterocycles. The zero-order chi connectivity index (χ0) is 21.1. The van der Waals surface area contributed by atoms with Crippen molar-refractivity contribution in [1.82, 2.24) is 24.6 Å². The highest BCUT2D eigenvalue weighted by Crippen LogP contribution is 2.36. The quantitative estimate of drug-likeness (QED) is 0.632. The molecule has 4 rings (SSSR count). The van der Waals surface area contributed by atoms with Crippen LogP contribution >= 0.6 is 0 Å². The van der Waals surface area contributed by atoms with Gasteiger partial charge in [-0.2, -0.15) is 5.10 Å². The van der Waals surface area contributed by atoms with Crippen LogP contribution in [-0.2, 0) is 18.3 Å². The minimum Gasteiger partial charge on any atom is -0.449 e. The van der Waals surface area contributed by atoms with Gasteiger partial charge in [0, 0.05) is 67.8 Å². The predicted octanol–water partition coefficient (Wildman–Crippen LogP) is 2.83. The summed E-state index contributed by atoms with van der Waals surface area (Å²) in [4.78, 5) is 28.4. The normalized spacial score (nSPS) is 14.3. The van der Waals surface area contributed by atoms with Crippen LogP contribution in [0.5, 0.6) is 0 Å². The van der Waals surface area contributed by atoms with Crippen molar-refractivity contribution in [2.45, 2.75) is 19.9 Å².